The number of carbonyl (C=O) groups is 1. The summed E-state index contributed by atoms with van der Waals surface area (Å²) in [6.07, 6.45) is 1.93. The fraction of sp³-hybridized carbons (Fsp3) is 0.500. The predicted octanol–water partition coefficient (Wildman–Crippen LogP) is 2.24. The van der Waals surface area contributed by atoms with Crippen molar-refractivity contribution in [3.63, 3.8) is 0 Å². The summed E-state index contributed by atoms with van der Waals surface area (Å²) < 4.78 is 6.20. The molecule has 0 aliphatic carbocycles. The molecule has 0 saturated heterocycles. The van der Waals surface area contributed by atoms with Gasteiger partial charge in [0.05, 0.1) is 20.6 Å². The highest BCUT2D eigenvalue weighted by atomic mass is 16.5. The number of esters is 1. The van der Waals surface area contributed by atoms with Crippen LogP contribution in [0.25, 0.3) is 10.9 Å². The molecule has 0 fully saturated rings. The van der Waals surface area contributed by atoms with Crippen molar-refractivity contribution in [1.29, 1.82) is 0 Å². The first kappa shape index (κ1) is 17.5. The minimum atomic E-state index is -0.661. The van der Waals surface area contributed by atoms with Crippen LogP contribution in [0.5, 0.6) is 0 Å². The zero-order chi connectivity index (χ0) is 17.0. The number of hydrogen-bond acceptors (Lipinski definition) is 3. The summed E-state index contributed by atoms with van der Waals surface area (Å²) in [7, 11) is 4.23. The van der Waals surface area contributed by atoms with Gasteiger partial charge in [0, 0.05) is 23.0 Å². The Balaban J connectivity index is 1.99. The maximum absolute atomic E-state index is 12.2. The van der Waals surface area contributed by atoms with E-state index in [9.17, 15) is 4.79 Å². The number of nitrogens with zero attached hydrogens (tertiary/aromatic N) is 1. The molecule has 23 heavy (non-hydrogen) atoms. The van der Waals surface area contributed by atoms with E-state index >= 15 is 0 Å². The number of nitrogens with two attached hydrogens (primary N) is 1. The van der Waals surface area contributed by atoms with Gasteiger partial charge in [0.2, 0.25) is 0 Å². The number of rotatable bonds is 7. The van der Waals surface area contributed by atoms with E-state index in [1.165, 1.54) is 0 Å². The summed E-state index contributed by atoms with van der Waals surface area (Å²) in [5.41, 5.74) is 8.24. The zero-order valence-electron chi connectivity index (χ0n) is 14.5. The third-order valence-electron chi connectivity index (χ3n) is 4.72. The van der Waals surface area contributed by atoms with Crippen LogP contribution in [0.15, 0.2) is 30.5 Å². The fourth-order valence-electron chi connectivity index (χ4n) is 2.52. The molecule has 0 amide bonds. The van der Waals surface area contributed by atoms with Crippen molar-refractivity contribution in [2.45, 2.75) is 25.8 Å². The van der Waals surface area contributed by atoms with E-state index in [1.807, 2.05) is 37.4 Å². The summed E-state index contributed by atoms with van der Waals surface area (Å²) in [6.45, 7) is 6.26. The number of aromatic amines is 1. The number of ether oxygens (including phenoxy) is 1. The molecule has 2 aromatic rings. The summed E-state index contributed by atoms with van der Waals surface area (Å²) >= 11 is 0. The van der Waals surface area contributed by atoms with Gasteiger partial charge in [-0.25, -0.2) is 0 Å². The van der Waals surface area contributed by atoms with E-state index in [0.717, 1.165) is 34.0 Å². The number of nitrogens with one attached hydrogen (secondary N) is 1. The Labute approximate surface area is 138 Å². The second kappa shape index (κ2) is 7.15. The van der Waals surface area contributed by atoms with Gasteiger partial charge in [0.15, 0.2) is 0 Å². The molecular formula is C18H28N3O2+. The van der Waals surface area contributed by atoms with Gasteiger partial charge in [-0.1, -0.05) is 25.1 Å². The number of fused-ring (bicyclic) bond motifs is 1. The van der Waals surface area contributed by atoms with Crippen LogP contribution in [0, 0.1) is 0 Å². The Bertz CT molecular complexity index is 663. The van der Waals surface area contributed by atoms with Crippen LogP contribution in [-0.2, 0) is 9.53 Å². The second-order valence-electron chi connectivity index (χ2n) is 6.75. The Morgan fingerprint density at radius 3 is 2.74 bits per heavy atom. The lowest BCUT2D eigenvalue weighted by atomic mass is 9.93. The molecule has 1 heterocycles. The molecule has 2 rings (SSSR count). The van der Waals surface area contributed by atoms with Crippen LogP contribution >= 0.6 is 0 Å². The number of quaternary nitrogens is 1. The minimum Gasteiger partial charge on any atom is -0.459 e. The molecule has 0 saturated carbocycles. The van der Waals surface area contributed by atoms with Crippen molar-refractivity contribution in [1.82, 2.24) is 4.98 Å². The second-order valence-corrected chi connectivity index (χ2v) is 6.75. The van der Waals surface area contributed by atoms with Crippen molar-refractivity contribution in [3.05, 3.63) is 36.0 Å². The quantitative estimate of drug-likeness (QED) is 0.608. The van der Waals surface area contributed by atoms with E-state index < -0.39 is 6.04 Å². The molecule has 1 aromatic heterocycles. The van der Waals surface area contributed by atoms with Gasteiger partial charge < -0.3 is 19.9 Å². The number of hydrogen-bond donors (Lipinski definition) is 2. The van der Waals surface area contributed by atoms with Gasteiger partial charge in [0.1, 0.15) is 19.2 Å². The Morgan fingerprint density at radius 1 is 1.35 bits per heavy atom. The standard InChI is InChI=1S/C18H28N3O2/c1-5-21(3,4)10-11-23-18(22)17(19)13(2)15-12-20-16-9-7-6-8-14(15)16/h6-9,12-13,17,20H,5,10-11,19H2,1-4H3/q+1/t13?,17-/m0/s1. The topological polar surface area (TPSA) is 68.1 Å². The van der Waals surface area contributed by atoms with E-state index in [4.69, 9.17) is 10.5 Å². The Kier molecular flexibility index (Phi) is 5.44. The molecule has 1 aromatic carbocycles. The first-order valence-electron chi connectivity index (χ1n) is 8.16. The molecule has 0 aliphatic heterocycles. The summed E-state index contributed by atoms with van der Waals surface area (Å²) in [5.74, 6) is -0.439. The van der Waals surface area contributed by atoms with Gasteiger partial charge in [-0.2, -0.15) is 0 Å². The third kappa shape index (κ3) is 4.12. The maximum atomic E-state index is 12.2. The average molecular weight is 318 g/mol. The zero-order valence-corrected chi connectivity index (χ0v) is 14.5. The van der Waals surface area contributed by atoms with E-state index in [2.05, 4.69) is 26.0 Å². The molecule has 2 atom stereocenters. The van der Waals surface area contributed by atoms with Crippen LogP contribution in [0.1, 0.15) is 25.3 Å². The summed E-state index contributed by atoms with van der Waals surface area (Å²) in [6, 6.07) is 7.36. The van der Waals surface area contributed by atoms with Crippen molar-refractivity contribution in [3.8, 4) is 0 Å². The molecule has 0 aliphatic rings. The van der Waals surface area contributed by atoms with Crippen LogP contribution in [-0.4, -0.2) is 55.3 Å². The minimum absolute atomic E-state index is 0.104. The largest absolute Gasteiger partial charge is 0.459 e. The van der Waals surface area contributed by atoms with Crippen LogP contribution in [0.4, 0.5) is 0 Å². The van der Waals surface area contributed by atoms with E-state index in [-0.39, 0.29) is 11.9 Å². The molecule has 0 bridgehead atoms. The normalized spacial score (nSPS) is 14.7. The smallest absolute Gasteiger partial charge is 0.323 e. The molecule has 5 heteroatoms. The SMILES string of the molecule is CC[N+](C)(C)CCOC(=O)[C@@H](N)C(C)c1c[nH]c2ccccc12. The number of likely N-dealkylation sites (N-methyl/N-ethyl adjacent to an activating group) is 1. The van der Waals surface area contributed by atoms with Crippen molar-refractivity contribution in [2.24, 2.45) is 5.73 Å². The summed E-state index contributed by atoms with van der Waals surface area (Å²) in [5, 5.41) is 1.10. The van der Waals surface area contributed by atoms with Crippen molar-refractivity contribution in [2.75, 3.05) is 33.8 Å². The number of H-pyrrole nitrogens is 1. The highest BCUT2D eigenvalue weighted by molar-refractivity contribution is 5.85. The number of benzene rings is 1. The highest BCUT2D eigenvalue weighted by Crippen LogP contribution is 2.27. The summed E-state index contributed by atoms with van der Waals surface area (Å²) in [4.78, 5) is 15.4. The fourth-order valence-corrected chi connectivity index (χ4v) is 2.52. The van der Waals surface area contributed by atoms with Gasteiger partial charge in [-0.05, 0) is 18.6 Å². The number of carbonyl (C=O) groups excluding carboxylic acids is 1. The monoisotopic (exact) mass is 318 g/mol. The molecule has 5 nitrogen and oxygen atoms in total. The van der Waals surface area contributed by atoms with E-state index in [1.54, 1.807) is 0 Å². The van der Waals surface area contributed by atoms with Gasteiger partial charge >= 0.3 is 5.97 Å². The predicted molar refractivity (Wildman–Crippen MR) is 93.2 cm³/mol. The Hall–Kier alpha value is -1.85. The van der Waals surface area contributed by atoms with Gasteiger partial charge in [-0.3, -0.25) is 4.79 Å². The lowest BCUT2D eigenvalue weighted by Gasteiger charge is -2.28. The first-order valence-corrected chi connectivity index (χ1v) is 8.16. The molecular weight excluding hydrogens is 290 g/mol. The molecule has 0 radical (unpaired) electrons. The lowest BCUT2D eigenvalue weighted by molar-refractivity contribution is -0.888. The molecule has 1 unspecified atom stereocenters. The highest BCUT2D eigenvalue weighted by Gasteiger charge is 2.26. The maximum Gasteiger partial charge on any atom is 0.323 e. The van der Waals surface area contributed by atoms with Crippen LogP contribution in [0.2, 0.25) is 0 Å². The molecule has 3 N–H and O–H groups in total. The van der Waals surface area contributed by atoms with Crippen LogP contribution in [0.3, 0.4) is 0 Å². The molecule has 0 spiro atoms. The van der Waals surface area contributed by atoms with Gasteiger partial charge in [0.25, 0.3) is 0 Å². The third-order valence-corrected chi connectivity index (χ3v) is 4.72. The lowest BCUT2D eigenvalue weighted by Crippen LogP contribution is -2.43. The number of aromatic nitrogens is 1. The first-order chi connectivity index (χ1) is 10.9. The van der Waals surface area contributed by atoms with Crippen molar-refractivity contribution >= 4 is 16.9 Å². The van der Waals surface area contributed by atoms with Crippen molar-refractivity contribution < 1.29 is 14.0 Å². The average Bonchev–Trinajstić information content (AvgIpc) is 2.97. The van der Waals surface area contributed by atoms with Gasteiger partial charge in [-0.15, -0.1) is 0 Å². The van der Waals surface area contributed by atoms with E-state index in [0.29, 0.717) is 6.61 Å². The number of para-hydroxylation sites is 1. The van der Waals surface area contributed by atoms with Crippen LogP contribution < -0.4 is 5.73 Å². The Morgan fingerprint density at radius 2 is 2.04 bits per heavy atom. The molecule has 126 valence electrons.